The Morgan fingerprint density at radius 1 is 1.17 bits per heavy atom. The summed E-state index contributed by atoms with van der Waals surface area (Å²) in [7, 11) is 0. The van der Waals surface area contributed by atoms with Crippen molar-refractivity contribution in [1.29, 1.82) is 0 Å². The third-order valence-corrected chi connectivity index (χ3v) is 3.09. The van der Waals surface area contributed by atoms with E-state index in [9.17, 15) is 5.11 Å². The number of aliphatic hydroxyl groups is 1. The lowest BCUT2D eigenvalue weighted by Gasteiger charge is -2.21. The van der Waals surface area contributed by atoms with Crippen molar-refractivity contribution in [2.75, 3.05) is 13.2 Å². The molecule has 0 fully saturated rings. The number of hydrogen-bond donors (Lipinski definition) is 2. The summed E-state index contributed by atoms with van der Waals surface area (Å²) in [5.74, 6) is 0.848. The van der Waals surface area contributed by atoms with Gasteiger partial charge in [0.1, 0.15) is 5.75 Å². The van der Waals surface area contributed by atoms with E-state index in [0.717, 1.165) is 16.5 Å². The van der Waals surface area contributed by atoms with Crippen LogP contribution in [0.2, 0.25) is 0 Å². The lowest BCUT2D eigenvalue weighted by molar-refractivity contribution is 0.0455. The molecule has 0 saturated heterocycles. The first-order chi connectivity index (χ1) is 8.62. The van der Waals surface area contributed by atoms with Crippen molar-refractivity contribution in [2.45, 2.75) is 18.9 Å². The molecule has 0 aliphatic rings. The van der Waals surface area contributed by atoms with Gasteiger partial charge in [0, 0.05) is 18.4 Å². The zero-order valence-corrected chi connectivity index (χ0v) is 10.6. The Labute approximate surface area is 107 Å². The van der Waals surface area contributed by atoms with E-state index in [1.165, 1.54) is 0 Å². The molecule has 0 heterocycles. The summed E-state index contributed by atoms with van der Waals surface area (Å²) in [4.78, 5) is 0. The van der Waals surface area contributed by atoms with Crippen LogP contribution < -0.4 is 10.5 Å². The summed E-state index contributed by atoms with van der Waals surface area (Å²) in [6.07, 6.45) is 0.521. The number of fused-ring (bicyclic) bond motifs is 1. The van der Waals surface area contributed by atoms with Crippen molar-refractivity contribution in [2.24, 2.45) is 5.73 Å². The summed E-state index contributed by atoms with van der Waals surface area (Å²) < 4.78 is 5.74. The van der Waals surface area contributed by atoms with Crippen molar-refractivity contribution in [3.8, 4) is 5.75 Å². The summed E-state index contributed by atoms with van der Waals surface area (Å²) in [6, 6.07) is 14.1. The molecule has 2 aromatic rings. The Morgan fingerprint density at radius 3 is 2.67 bits per heavy atom. The maximum atomic E-state index is 9.81. The lowest BCUT2D eigenvalue weighted by Crippen LogP contribution is -2.35. The van der Waals surface area contributed by atoms with E-state index >= 15 is 0 Å². The van der Waals surface area contributed by atoms with Crippen molar-refractivity contribution in [1.82, 2.24) is 0 Å². The van der Waals surface area contributed by atoms with Gasteiger partial charge in [0.05, 0.1) is 12.2 Å². The molecule has 0 saturated carbocycles. The molecule has 3 N–H and O–H groups in total. The fourth-order valence-corrected chi connectivity index (χ4v) is 1.80. The van der Waals surface area contributed by atoms with Crippen LogP contribution in [0.25, 0.3) is 10.8 Å². The third-order valence-electron chi connectivity index (χ3n) is 3.09. The number of ether oxygens (including phenoxy) is 1. The predicted molar refractivity (Wildman–Crippen MR) is 73.7 cm³/mol. The minimum absolute atomic E-state index is 0.242. The highest BCUT2D eigenvalue weighted by atomic mass is 16.5. The molecule has 2 rings (SSSR count). The topological polar surface area (TPSA) is 55.5 Å². The Kier molecular flexibility index (Phi) is 3.84. The second-order valence-electron chi connectivity index (χ2n) is 4.78. The summed E-state index contributed by atoms with van der Waals surface area (Å²) in [6.45, 7) is 2.42. The SMILES string of the molecule is CC(O)(CN)CCOc1cccc2ccccc12. The van der Waals surface area contributed by atoms with Crippen LogP contribution in [0.3, 0.4) is 0 Å². The molecule has 3 nitrogen and oxygen atoms in total. The van der Waals surface area contributed by atoms with E-state index < -0.39 is 5.60 Å². The number of rotatable bonds is 5. The van der Waals surface area contributed by atoms with E-state index in [1.807, 2.05) is 30.3 Å². The molecule has 0 radical (unpaired) electrons. The third kappa shape index (κ3) is 3.00. The molecule has 2 aromatic carbocycles. The van der Waals surface area contributed by atoms with Gasteiger partial charge in [0.15, 0.2) is 0 Å². The molecule has 1 atom stereocenters. The van der Waals surface area contributed by atoms with Crippen LogP contribution in [-0.2, 0) is 0 Å². The maximum Gasteiger partial charge on any atom is 0.127 e. The van der Waals surface area contributed by atoms with Crippen LogP contribution in [0, 0.1) is 0 Å². The fraction of sp³-hybridized carbons (Fsp3) is 0.333. The van der Waals surface area contributed by atoms with Crippen LogP contribution in [-0.4, -0.2) is 23.9 Å². The second-order valence-corrected chi connectivity index (χ2v) is 4.78. The van der Waals surface area contributed by atoms with Gasteiger partial charge >= 0.3 is 0 Å². The largest absolute Gasteiger partial charge is 0.493 e. The molecular weight excluding hydrogens is 226 g/mol. The second kappa shape index (κ2) is 5.38. The molecule has 0 aliphatic carbocycles. The first-order valence-electron chi connectivity index (χ1n) is 6.15. The van der Waals surface area contributed by atoms with Gasteiger partial charge in [-0.15, -0.1) is 0 Å². The summed E-state index contributed by atoms with van der Waals surface area (Å²) in [5.41, 5.74) is 4.61. The Bertz CT molecular complexity index is 517. The standard InChI is InChI=1S/C15H19NO2/c1-15(17,11-16)9-10-18-14-8-4-6-12-5-2-3-7-13(12)14/h2-8,17H,9-11,16H2,1H3. The van der Waals surface area contributed by atoms with Gasteiger partial charge in [0.2, 0.25) is 0 Å². The smallest absolute Gasteiger partial charge is 0.127 e. The van der Waals surface area contributed by atoms with Gasteiger partial charge in [-0.25, -0.2) is 0 Å². The quantitative estimate of drug-likeness (QED) is 0.850. The van der Waals surface area contributed by atoms with Crippen LogP contribution in [0.5, 0.6) is 5.75 Å². The molecule has 0 amide bonds. The molecule has 1 unspecified atom stereocenters. The summed E-state index contributed by atoms with van der Waals surface area (Å²) in [5, 5.41) is 12.1. The first-order valence-corrected chi connectivity index (χ1v) is 6.15. The van der Waals surface area contributed by atoms with Crippen molar-refractivity contribution < 1.29 is 9.84 Å². The average Bonchev–Trinajstić information content (AvgIpc) is 2.39. The van der Waals surface area contributed by atoms with E-state index in [-0.39, 0.29) is 6.54 Å². The zero-order valence-electron chi connectivity index (χ0n) is 10.6. The van der Waals surface area contributed by atoms with Crippen molar-refractivity contribution in [3.05, 3.63) is 42.5 Å². The highest BCUT2D eigenvalue weighted by molar-refractivity contribution is 5.88. The van der Waals surface area contributed by atoms with Gasteiger partial charge in [-0.1, -0.05) is 36.4 Å². The van der Waals surface area contributed by atoms with Gasteiger partial charge in [-0.2, -0.15) is 0 Å². The van der Waals surface area contributed by atoms with Crippen molar-refractivity contribution in [3.63, 3.8) is 0 Å². The molecule has 3 heteroatoms. The van der Waals surface area contributed by atoms with Crippen LogP contribution >= 0.6 is 0 Å². The van der Waals surface area contributed by atoms with Gasteiger partial charge in [-0.05, 0) is 18.4 Å². The fourth-order valence-electron chi connectivity index (χ4n) is 1.80. The molecular formula is C15H19NO2. The average molecular weight is 245 g/mol. The molecule has 0 bridgehead atoms. The van der Waals surface area contributed by atoms with E-state index in [4.69, 9.17) is 10.5 Å². The Balaban J connectivity index is 2.08. The molecule has 18 heavy (non-hydrogen) atoms. The monoisotopic (exact) mass is 245 g/mol. The lowest BCUT2D eigenvalue weighted by atomic mass is 10.0. The first kappa shape index (κ1) is 12.9. The van der Waals surface area contributed by atoms with Gasteiger partial charge < -0.3 is 15.6 Å². The normalized spacial score (nSPS) is 14.4. The van der Waals surface area contributed by atoms with E-state index in [2.05, 4.69) is 12.1 Å². The minimum atomic E-state index is -0.857. The molecule has 0 aromatic heterocycles. The highest BCUT2D eigenvalue weighted by Crippen LogP contribution is 2.25. The minimum Gasteiger partial charge on any atom is -0.493 e. The number of hydrogen-bond acceptors (Lipinski definition) is 3. The van der Waals surface area contributed by atoms with Gasteiger partial charge in [0.25, 0.3) is 0 Å². The number of nitrogens with two attached hydrogens (primary N) is 1. The van der Waals surface area contributed by atoms with Crippen LogP contribution in [0.4, 0.5) is 0 Å². The predicted octanol–water partition coefficient (Wildman–Crippen LogP) is 2.32. The van der Waals surface area contributed by atoms with Gasteiger partial charge in [-0.3, -0.25) is 0 Å². The zero-order chi connectivity index (χ0) is 13.0. The maximum absolute atomic E-state index is 9.81. The molecule has 0 aliphatic heterocycles. The molecule has 0 spiro atoms. The van der Waals surface area contributed by atoms with Crippen molar-refractivity contribution >= 4 is 10.8 Å². The number of benzene rings is 2. The Hall–Kier alpha value is -1.58. The molecule has 96 valence electrons. The van der Waals surface area contributed by atoms with Crippen LogP contribution in [0.1, 0.15) is 13.3 Å². The van der Waals surface area contributed by atoms with E-state index in [1.54, 1.807) is 6.92 Å². The Morgan fingerprint density at radius 2 is 1.89 bits per heavy atom. The summed E-state index contributed by atoms with van der Waals surface area (Å²) >= 11 is 0. The van der Waals surface area contributed by atoms with E-state index in [0.29, 0.717) is 13.0 Å². The van der Waals surface area contributed by atoms with Crippen LogP contribution in [0.15, 0.2) is 42.5 Å². The highest BCUT2D eigenvalue weighted by Gasteiger charge is 2.17.